The van der Waals surface area contributed by atoms with Crippen molar-refractivity contribution >= 4 is 27.4 Å². The third kappa shape index (κ3) is 3.00. The first-order chi connectivity index (χ1) is 8.47. The summed E-state index contributed by atoms with van der Waals surface area (Å²) in [5.41, 5.74) is 0.962. The predicted octanol–water partition coefficient (Wildman–Crippen LogP) is 2.84. The number of sulfonamides is 1. The molecule has 1 heterocycles. The summed E-state index contributed by atoms with van der Waals surface area (Å²) in [5.74, 6) is 0.288. The van der Waals surface area contributed by atoms with Crippen LogP contribution < -0.4 is 4.72 Å². The average Bonchev–Trinajstić information content (AvgIpc) is 2.32. The molecule has 0 aliphatic heterocycles. The maximum Gasteiger partial charge on any atom is 0.263 e. The number of aryl methyl sites for hydroxylation is 1. The van der Waals surface area contributed by atoms with Crippen LogP contribution in [0.1, 0.15) is 5.56 Å². The van der Waals surface area contributed by atoms with Gasteiger partial charge in [-0.15, -0.1) is 0 Å². The lowest BCUT2D eigenvalue weighted by Crippen LogP contribution is -2.13. The van der Waals surface area contributed by atoms with E-state index in [0.717, 1.165) is 5.56 Å². The normalized spacial score (nSPS) is 11.2. The third-order valence-corrected chi connectivity index (χ3v) is 3.90. The van der Waals surface area contributed by atoms with E-state index in [4.69, 9.17) is 11.6 Å². The summed E-state index contributed by atoms with van der Waals surface area (Å²) in [6.07, 6.45) is 1.60. The van der Waals surface area contributed by atoms with Gasteiger partial charge in [-0.05, 0) is 42.8 Å². The van der Waals surface area contributed by atoms with E-state index in [1.807, 2.05) is 6.92 Å². The Morgan fingerprint density at radius 3 is 2.33 bits per heavy atom. The van der Waals surface area contributed by atoms with E-state index in [2.05, 4.69) is 9.71 Å². The van der Waals surface area contributed by atoms with Crippen LogP contribution in [-0.4, -0.2) is 13.4 Å². The molecular weight excluding hydrogens is 272 g/mol. The van der Waals surface area contributed by atoms with E-state index in [-0.39, 0.29) is 10.7 Å². The average molecular weight is 283 g/mol. The SMILES string of the molecule is Cc1ccc(NS(=O)(=O)c2ccc(Cl)cc2)nc1. The van der Waals surface area contributed by atoms with Crippen molar-refractivity contribution in [1.29, 1.82) is 0 Å². The standard InChI is InChI=1S/C12H11ClN2O2S/c1-9-2-7-12(14-8-9)15-18(16,17)11-5-3-10(13)4-6-11/h2-8H,1H3,(H,14,15). The van der Waals surface area contributed by atoms with Crippen molar-refractivity contribution in [3.8, 4) is 0 Å². The van der Waals surface area contributed by atoms with E-state index < -0.39 is 10.0 Å². The molecule has 0 unspecified atom stereocenters. The van der Waals surface area contributed by atoms with Gasteiger partial charge in [0.15, 0.2) is 0 Å². The fourth-order valence-corrected chi connectivity index (χ4v) is 2.47. The summed E-state index contributed by atoms with van der Waals surface area (Å²) in [5, 5.41) is 0.488. The highest BCUT2D eigenvalue weighted by molar-refractivity contribution is 7.92. The van der Waals surface area contributed by atoms with Gasteiger partial charge in [0.1, 0.15) is 5.82 Å². The quantitative estimate of drug-likeness (QED) is 0.942. The molecule has 18 heavy (non-hydrogen) atoms. The van der Waals surface area contributed by atoms with Crippen LogP contribution in [-0.2, 0) is 10.0 Å². The fraction of sp³-hybridized carbons (Fsp3) is 0.0833. The van der Waals surface area contributed by atoms with E-state index in [1.54, 1.807) is 18.3 Å². The van der Waals surface area contributed by atoms with Crippen molar-refractivity contribution in [3.63, 3.8) is 0 Å². The molecule has 0 radical (unpaired) electrons. The number of aromatic nitrogens is 1. The van der Waals surface area contributed by atoms with Crippen molar-refractivity contribution < 1.29 is 8.42 Å². The van der Waals surface area contributed by atoms with Crippen molar-refractivity contribution in [2.24, 2.45) is 0 Å². The zero-order chi connectivity index (χ0) is 13.2. The summed E-state index contributed by atoms with van der Waals surface area (Å²) >= 11 is 5.71. The molecule has 2 aromatic rings. The molecule has 0 saturated heterocycles. The van der Waals surface area contributed by atoms with Gasteiger partial charge in [0.05, 0.1) is 4.90 Å². The third-order valence-electron chi connectivity index (χ3n) is 2.27. The Morgan fingerprint density at radius 2 is 1.78 bits per heavy atom. The minimum Gasteiger partial charge on any atom is -0.263 e. The maximum absolute atomic E-state index is 12.0. The highest BCUT2D eigenvalue weighted by Gasteiger charge is 2.14. The molecule has 0 aliphatic rings. The van der Waals surface area contributed by atoms with Gasteiger partial charge in [-0.1, -0.05) is 17.7 Å². The second-order valence-electron chi connectivity index (χ2n) is 3.78. The number of nitrogens with one attached hydrogen (secondary N) is 1. The van der Waals surface area contributed by atoms with E-state index in [0.29, 0.717) is 5.02 Å². The predicted molar refractivity (Wildman–Crippen MR) is 71.2 cm³/mol. The Bertz CT molecular complexity index is 637. The Balaban J connectivity index is 2.27. The summed E-state index contributed by atoms with van der Waals surface area (Å²) in [7, 11) is -3.61. The lowest BCUT2D eigenvalue weighted by atomic mass is 10.3. The van der Waals surface area contributed by atoms with Crippen molar-refractivity contribution in [2.75, 3.05) is 4.72 Å². The molecule has 6 heteroatoms. The molecule has 2 rings (SSSR count). The molecule has 1 N–H and O–H groups in total. The number of anilines is 1. The second kappa shape index (κ2) is 4.96. The number of pyridine rings is 1. The Morgan fingerprint density at radius 1 is 1.11 bits per heavy atom. The van der Waals surface area contributed by atoms with Gasteiger partial charge >= 0.3 is 0 Å². The molecule has 0 saturated carbocycles. The molecule has 0 fully saturated rings. The molecule has 4 nitrogen and oxygen atoms in total. The van der Waals surface area contributed by atoms with Crippen LogP contribution in [0.25, 0.3) is 0 Å². The molecule has 0 amide bonds. The Kier molecular flexibility index (Phi) is 3.54. The minimum atomic E-state index is -3.61. The summed E-state index contributed by atoms with van der Waals surface area (Å²) in [6, 6.07) is 9.34. The number of benzene rings is 1. The Labute approximate surface area is 111 Å². The van der Waals surface area contributed by atoms with Crippen LogP contribution in [0.3, 0.4) is 0 Å². The van der Waals surface area contributed by atoms with Crippen LogP contribution in [0, 0.1) is 6.92 Å². The van der Waals surface area contributed by atoms with Gasteiger partial charge in [0.2, 0.25) is 0 Å². The van der Waals surface area contributed by atoms with Gasteiger partial charge in [0, 0.05) is 11.2 Å². The topological polar surface area (TPSA) is 59.1 Å². The highest BCUT2D eigenvalue weighted by Crippen LogP contribution is 2.17. The molecule has 0 spiro atoms. The number of halogens is 1. The molecular formula is C12H11ClN2O2S. The summed E-state index contributed by atoms with van der Waals surface area (Å²) < 4.78 is 26.4. The van der Waals surface area contributed by atoms with E-state index >= 15 is 0 Å². The first kappa shape index (κ1) is 12.9. The van der Waals surface area contributed by atoms with Gasteiger partial charge in [0.25, 0.3) is 10.0 Å². The smallest absolute Gasteiger partial charge is 0.263 e. The second-order valence-corrected chi connectivity index (χ2v) is 5.90. The molecule has 0 bridgehead atoms. The van der Waals surface area contributed by atoms with E-state index in [1.165, 1.54) is 24.3 Å². The maximum atomic E-state index is 12.0. The number of nitrogens with zero attached hydrogens (tertiary/aromatic N) is 1. The molecule has 1 aromatic carbocycles. The van der Waals surface area contributed by atoms with Crippen molar-refractivity contribution in [1.82, 2.24) is 4.98 Å². The van der Waals surface area contributed by atoms with Gasteiger partial charge < -0.3 is 0 Å². The number of rotatable bonds is 3. The van der Waals surface area contributed by atoms with Crippen molar-refractivity contribution in [3.05, 3.63) is 53.2 Å². The number of hydrogen-bond donors (Lipinski definition) is 1. The highest BCUT2D eigenvalue weighted by atomic mass is 35.5. The van der Waals surface area contributed by atoms with Gasteiger partial charge in [-0.2, -0.15) is 0 Å². The lowest BCUT2D eigenvalue weighted by molar-refractivity contribution is 0.601. The summed E-state index contributed by atoms with van der Waals surface area (Å²) in [4.78, 5) is 4.14. The summed E-state index contributed by atoms with van der Waals surface area (Å²) in [6.45, 7) is 1.88. The van der Waals surface area contributed by atoms with Crippen LogP contribution >= 0.6 is 11.6 Å². The molecule has 1 aromatic heterocycles. The number of hydrogen-bond acceptors (Lipinski definition) is 3. The van der Waals surface area contributed by atoms with Crippen LogP contribution in [0.2, 0.25) is 5.02 Å². The van der Waals surface area contributed by atoms with E-state index in [9.17, 15) is 8.42 Å². The first-order valence-electron chi connectivity index (χ1n) is 5.18. The van der Waals surface area contributed by atoms with Gasteiger partial charge in [-0.3, -0.25) is 4.72 Å². The van der Waals surface area contributed by atoms with Crippen LogP contribution in [0.5, 0.6) is 0 Å². The molecule has 0 aliphatic carbocycles. The van der Waals surface area contributed by atoms with Crippen molar-refractivity contribution in [2.45, 2.75) is 11.8 Å². The monoisotopic (exact) mass is 282 g/mol. The largest absolute Gasteiger partial charge is 0.263 e. The fourth-order valence-electron chi connectivity index (χ4n) is 1.34. The van der Waals surface area contributed by atoms with Crippen LogP contribution in [0.4, 0.5) is 5.82 Å². The van der Waals surface area contributed by atoms with Gasteiger partial charge in [-0.25, -0.2) is 13.4 Å². The molecule has 0 atom stereocenters. The minimum absolute atomic E-state index is 0.147. The first-order valence-corrected chi connectivity index (χ1v) is 7.04. The zero-order valence-corrected chi connectivity index (χ0v) is 11.2. The zero-order valence-electron chi connectivity index (χ0n) is 9.59. The molecule has 94 valence electrons. The van der Waals surface area contributed by atoms with Crippen LogP contribution in [0.15, 0.2) is 47.5 Å². The lowest BCUT2D eigenvalue weighted by Gasteiger charge is -2.07. The Hall–Kier alpha value is -1.59.